The molecular formula is C97H103N25O7. The number of aromatic amines is 3. The van der Waals surface area contributed by atoms with Crippen LogP contribution < -0.4 is 40.8 Å². The molecule has 2 aliphatic heterocycles. The van der Waals surface area contributed by atoms with Gasteiger partial charge in [0.2, 0.25) is 29.7 Å². The molecule has 0 radical (unpaired) electrons. The molecule has 2 atom stereocenters. The molecule has 129 heavy (non-hydrogen) atoms. The largest absolute Gasteiger partial charge is 0.497 e. The fourth-order valence-corrected chi connectivity index (χ4v) is 14.8. The van der Waals surface area contributed by atoms with Crippen LogP contribution in [0.2, 0.25) is 0 Å². The SMILES string of the molecule is C=C1CC(COc2ccnc(-c3ccnc(Nc4ccc5[nH]c(C(=O)N(C)C)cc5c4)n3)c2)CN1.CCCCOc1ccnc(-c2ccnc(Nc3ccc4[nH]c(C(=O)N(C)C)cc4c3)n2)c1.CCc1cccc(-c2ccnc(Nc3ccc4[nH]c(C(=O)N(C)C)cc4c3)n2)n1.COc1ccnc(-c2ccnc(Nc3ccc4c(c3)CC(C(=O)N3CCN(C)CC3)C4)n2)c1. The Labute approximate surface area is 747 Å². The van der Waals surface area contributed by atoms with Gasteiger partial charge in [-0.3, -0.25) is 39.1 Å². The van der Waals surface area contributed by atoms with Gasteiger partial charge < -0.3 is 80.2 Å². The van der Waals surface area contributed by atoms with Crippen molar-refractivity contribution >= 4 is 103 Å². The number of anilines is 8. The first-order valence-corrected chi connectivity index (χ1v) is 42.7. The van der Waals surface area contributed by atoms with Crippen LogP contribution in [0.25, 0.3) is 78.3 Å². The van der Waals surface area contributed by atoms with E-state index in [1.54, 1.807) is 114 Å². The zero-order valence-corrected chi connectivity index (χ0v) is 73.7. The molecule has 4 aromatic carbocycles. The number of likely N-dealkylation sites (N-methyl/N-ethyl adjacent to an activating group) is 1. The number of methoxy groups -OCH3 is 1. The van der Waals surface area contributed by atoms with Gasteiger partial charge in [0.05, 0.1) is 65.9 Å². The molecule has 2 fully saturated rings. The maximum absolute atomic E-state index is 13.0. The highest BCUT2D eigenvalue weighted by Crippen LogP contribution is 2.34. The molecule has 0 saturated carbocycles. The lowest BCUT2D eigenvalue weighted by atomic mass is 10.0. The van der Waals surface area contributed by atoms with Crippen LogP contribution in [0, 0.1) is 11.8 Å². The number of benzene rings is 4. The Kier molecular flexibility index (Phi) is 28.1. The van der Waals surface area contributed by atoms with Gasteiger partial charge in [0.1, 0.15) is 34.3 Å². The zero-order chi connectivity index (χ0) is 90.0. The molecule has 13 heterocycles. The van der Waals surface area contributed by atoms with Crippen molar-refractivity contribution in [1.82, 2.24) is 105 Å². The van der Waals surface area contributed by atoms with Crippen LogP contribution in [0.4, 0.5) is 46.5 Å². The van der Waals surface area contributed by atoms with Gasteiger partial charge in [-0.2, -0.15) is 0 Å². The molecule has 15 aromatic rings. The van der Waals surface area contributed by atoms with E-state index in [2.05, 4.69) is 146 Å². The van der Waals surface area contributed by atoms with Crippen molar-refractivity contribution in [3.05, 3.63) is 259 Å². The number of rotatable bonds is 25. The average Bonchev–Trinajstić information content (AvgIpc) is 1.71. The highest BCUT2D eigenvalue weighted by Gasteiger charge is 2.33. The number of unbranched alkanes of at least 4 members (excludes halogenated alkanes) is 1. The number of carbonyl (C=O) groups excluding carboxylic acids is 4. The molecule has 658 valence electrons. The molecule has 0 bridgehead atoms. The van der Waals surface area contributed by atoms with Gasteiger partial charge in [0, 0.05) is 215 Å². The molecule has 32 nitrogen and oxygen atoms in total. The number of hydrogen-bond acceptors (Lipinski definition) is 25. The van der Waals surface area contributed by atoms with Crippen LogP contribution in [-0.2, 0) is 24.1 Å². The Morgan fingerprint density at radius 1 is 0.442 bits per heavy atom. The topological polar surface area (TPSA) is 374 Å². The predicted molar refractivity (Wildman–Crippen MR) is 502 cm³/mol. The van der Waals surface area contributed by atoms with Crippen molar-refractivity contribution in [3.63, 3.8) is 0 Å². The summed E-state index contributed by atoms with van der Waals surface area (Å²) in [6.45, 7) is 13.9. The molecule has 8 N–H and O–H groups in total. The number of pyridine rings is 4. The summed E-state index contributed by atoms with van der Waals surface area (Å²) in [6.07, 6.45) is 17.4. The molecule has 32 heteroatoms. The first kappa shape index (κ1) is 88.3. The fourth-order valence-electron chi connectivity index (χ4n) is 14.8. The second kappa shape index (κ2) is 41.0. The predicted octanol–water partition coefficient (Wildman–Crippen LogP) is 15.4. The number of nitrogens with one attached hydrogen (secondary N) is 8. The van der Waals surface area contributed by atoms with E-state index < -0.39 is 0 Å². The van der Waals surface area contributed by atoms with Crippen LogP contribution in [0.5, 0.6) is 17.2 Å². The zero-order valence-electron chi connectivity index (χ0n) is 73.7. The molecular weight excluding hydrogens is 1630 g/mol. The number of hydrogen-bond donors (Lipinski definition) is 8. The highest BCUT2D eigenvalue weighted by atomic mass is 16.5. The average molecular weight is 1730 g/mol. The number of aryl methyl sites for hydroxylation is 1. The third-order valence-corrected chi connectivity index (χ3v) is 21.8. The standard InChI is InChI=1S/C26H27N7O2.C25H28N6O2.C24H26N6O2.C22H22N6O/c1-16-10-17(14-29-16)15-35-20-6-8-27-23(13-20)22-7-9-28-26(32-22)30-19-4-5-21-18(11-19)12-24(31-21)25(34)33(2)3;1-30-9-11-31(12-10-30)24(32)19-13-17-3-4-20(15-18(17)14-19)28-25-27-8-6-22(29-25)23-16-21(33-2)5-7-26-23;1-4-5-12-32-18-8-10-25-21(15-18)20-9-11-26-24(29-20)27-17-6-7-19-16(13-17)14-22(28-19)23(31)30(2)3;1-4-15-6-5-7-18(24-15)19-10-11-23-22(27-19)25-16-8-9-17-14(12-16)13-20(26-17)21(29)28(2)3/h4-9,11-13,17,29,31H,1,10,14-15H2,2-3H3,(H,28,30,32);3-8,15-16,19H,9-14H2,1-2H3,(H,27,28,29);6-11,13-15,28H,4-5,12H2,1-3H3,(H,26,27,29);5-13,26H,4H2,1-3H3,(H,23,25,27). The van der Waals surface area contributed by atoms with E-state index in [1.807, 2.05) is 157 Å². The summed E-state index contributed by atoms with van der Waals surface area (Å²) in [5, 5.41) is 19.1. The van der Waals surface area contributed by atoms with E-state index in [0.717, 1.165) is 178 Å². The Bertz CT molecular complexity index is 6520. The van der Waals surface area contributed by atoms with E-state index in [0.29, 0.717) is 82.8 Å². The van der Waals surface area contributed by atoms with Gasteiger partial charge in [0.15, 0.2) is 0 Å². The number of allylic oxidation sites excluding steroid dienone is 1. The van der Waals surface area contributed by atoms with E-state index in [1.165, 1.54) is 11.1 Å². The maximum Gasteiger partial charge on any atom is 0.269 e. The van der Waals surface area contributed by atoms with Crippen LogP contribution in [0.15, 0.2) is 226 Å². The van der Waals surface area contributed by atoms with Gasteiger partial charge in [0.25, 0.3) is 17.7 Å². The molecule has 11 aromatic heterocycles. The Hall–Kier alpha value is -15.6. The van der Waals surface area contributed by atoms with Gasteiger partial charge in [-0.1, -0.05) is 39.0 Å². The van der Waals surface area contributed by atoms with Gasteiger partial charge in [-0.15, -0.1) is 0 Å². The number of aromatic nitrogens is 15. The molecule has 0 spiro atoms. The number of piperazine rings is 1. The third kappa shape index (κ3) is 22.7. The molecule has 2 saturated heterocycles. The van der Waals surface area contributed by atoms with Gasteiger partial charge in [-0.05, 0) is 190 Å². The van der Waals surface area contributed by atoms with E-state index in [9.17, 15) is 19.2 Å². The second-order valence-electron chi connectivity index (χ2n) is 32.1. The maximum atomic E-state index is 13.0. The summed E-state index contributed by atoms with van der Waals surface area (Å²) in [4.78, 5) is 122. The van der Waals surface area contributed by atoms with E-state index in [-0.39, 0.29) is 29.5 Å². The minimum absolute atomic E-state index is 0.0392. The minimum atomic E-state index is -0.0733. The van der Waals surface area contributed by atoms with Gasteiger partial charge in [-0.25, -0.2) is 39.9 Å². The van der Waals surface area contributed by atoms with Crippen molar-refractivity contribution < 1.29 is 33.4 Å². The third-order valence-electron chi connectivity index (χ3n) is 21.8. The van der Waals surface area contributed by atoms with Crippen molar-refractivity contribution in [2.24, 2.45) is 11.8 Å². The molecule has 2 unspecified atom stereocenters. The first-order chi connectivity index (χ1) is 62.6. The summed E-state index contributed by atoms with van der Waals surface area (Å²) < 4.78 is 17.1. The van der Waals surface area contributed by atoms with E-state index in [4.69, 9.17) is 14.2 Å². The Balaban J connectivity index is 0.000000132. The normalized spacial score (nSPS) is 13.9. The van der Waals surface area contributed by atoms with Gasteiger partial charge >= 0.3 is 0 Å². The highest BCUT2D eigenvalue weighted by molar-refractivity contribution is 6.01. The molecule has 3 aliphatic rings. The number of H-pyrrole nitrogens is 3. The van der Waals surface area contributed by atoms with Crippen molar-refractivity contribution in [1.29, 1.82) is 0 Å². The van der Waals surface area contributed by atoms with Crippen LogP contribution in [-0.4, -0.2) is 225 Å². The summed E-state index contributed by atoms with van der Waals surface area (Å²) in [6, 6.07) is 53.6. The van der Waals surface area contributed by atoms with E-state index >= 15 is 0 Å². The van der Waals surface area contributed by atoms with Crippen molar-refractivity contribution in [2.75, 3.05) is 124 Å². The first-order valence-electron chi connectivity index (χ1n) is 42.7. The lowest BCUT2D eigenvalue weighted by molar-refractivity contribution is -0.136. The van der Waals surface area contributed by atoms with Crippen LogP contribution in [0.3, 0.4) is 0 Å². The quantitative estimate of drug-likeness (QED) is 0.0246. The Morgan fingerprint density at radius 2 is 0.853 bits per heavy atom. The lowest BCUT2D eigenvalue weighted by Gasteiger charge is -2.34. The lowest BCUT2D eigenvalue weighted by Crippen LogP contribution is -2.49. The van der Waals surface area contributed by atoms with Crippen LogP contribution >= 0.6 is 0 Å². The monoisotopic (exact) mass is 1730 g/mol. The van der Waals surface area contributed by atoms with Crippen LogP contribution in [0.1, 0.15) is 81.4 Å². The number of fused-ring (bicyclic) bond motifs is 4. The second-order valence-corrected chi connectivity index (χ2v) is 32.1. The molecule has 18 rings (SSSR count). The van der Waals surface area contributed by atoms with Crippen molar-refractivity contribution in [3.8, 4) is 62.8 Å². The number of ether oxygens (including phenoxy) is 3. The number of amides is 4. The summed E-state index contributed by atoms with van der Waals surface area (Å²) in [5.74, 6) is 4.70. The number of carbonyl (C=O) groups is 4. The summed E-state index contributed by atoms with van der Waals surface area (Å²) in [7, 11) is 14.1. The minimum Gasteiger partial charge on any atom is -0.497 e. The fraction of sp³-hybridized carbons (Fsp3) is 0.258. The smallest absolute Gasteiger partial charge is 0.269 e. The summed E-state index contributed by atoms with van der Waals surface area (Å²) >= 11 is 0. The van der Waals surface area contributed by atoms with Crippen molar-refractivity contribution in [2.45, 2.75) is 52.4 Å². The number of nitrogens with zero attached hydrogens (tertiary/aromatic N) is 17. The summed E-state index contributed by atoms with van der Waals surface area (Å²) in [5.41, 5.74) is 18.1. The molecule has 1 aliphatic carbocycles. The Morgan fingerprint density at radius 3 is 1.29 bits per heavy atom. The molecule has 4 amide bonds.